The van der Waals surface area contributed by atoms with Gasteiger partial charge in [-0.05, 0) is 19.1 Å². The van der Waals surface area contributed by atoms with Crippen LogP contribution in [-0.4, -0.2) is 56.6 Å². The van der Waals surface area contributed by atoms with E-state index in [9.17, 15) is 9.90 Å². The van der Waals surface area contributed by atoms with Gasteiger partial charge in [-0.2, -0.15) is 14.9 Å². The van der Waals surface area contributed by atoms with E-state index in [0.29, 0.717) is 22.0 Å². The molecule has 10 heteroatoms. The third-order valence-electron chi connectivity index (χ3n) is 4.23. The zero-order valence-electron chi connectivity index (χ0n) is 17.0. The number of halogens is 1. The molecule has 0 aliphatic heterocycles. The van der Waals surface area contributed by atoms with E-state index in [2.05, 4.69) is 26.6 Å². The number of hydrogen-bond donors (Lipinski definition) is 2. The van der Waals surface area contributed by atoms with Crippen molar-refractivity contribution >= 4 is 35.2 Å². The zero-order valence-corrected chi connectivity index (χ0v) is 17.7. The fraction of sp³-hybridized carbons (Fsp3) is 0.238. The largest absolute Gasteiger partial charge is 0.389 e. The Morgan fingerprint density at radius 3 is 3.00 bits per heavy atom. The lowest BCUT2D eigenvalue weighted by atomic mass is 10.1. The smallest absolute Gasteiger partial charge is 0.261 e. The van der Waals surface area contributed by atoms with Crippen LogP contribution in [0, 0.1) is 12.5 Å². The summed E-state index contributed by atoms with van der Waals surface area (Å²) in [6, 6.07) is 9.43. The zero-order chi connectivity index (χ0) is 22.4. The van der Waals surface area contributed by atoms with E-state index in [-0.39, 0.29) is 24.5 Å². The topological polar surface area (TPSA) is 107 Å². The molecule has 0 saturated heterocycles. The van der Waals surface area contributed by atoms with Crippen LogP contribution in [0.4, 0.5) is 11.5 Å². The maximum Gasteiger partial charge on any atom is 0.261 e. The predicted octanol–water partition coefficient (Wildman–Crippen LogP) is 2.82. The van der Waals surface area contributed by atoms with Crippen LogP contribution >= 0.6 is 11.6 Å². The minimum Gasteiger partial charge on any atom is -0.389 e. The van der Waals surface area contributed by atoms with E-state index in [1.54, 1.807) is 31.3 Å². The maximum absolute atomic E-state index is 13.0. The Labute approximate surface area is 184 Å². The van der Waals surface area contributed by atoms with Gasteiger partial charge in [0.2, 0.25) is 0 Å². The molecule has 1 amide bonds. The second-order valence-electron chi connectivity index (χ2n) is 6.50. The van der Waals surface area contributed by atoms with Crippen molar-refractivity contribution in [1.82, 2.24) is 19.6 Å². The lowest BCUT2D eigenvalue weighted by molar-refractivity contribution is 0.0514. The highest BCUT2D eigenvalue weighted by Crippen LogP contribution is 2.30. The number of aliphatic imine (C=N–C) groups is 1. The van der Waals surface area contributed by atoms with E-state index in [1.165, 1.54) is 28.9 Å². The molecule has 0 bridgehead atoms. The van der Waals surface area contributed by atoms with Gasteiger partial charge in [0, 0.05) is 36.2 Å². The number of benzene rings is 1. The Balaban J connectivity index is 1.97. The van der Waals surface area contributed by atoms with E-state index in [4.69, 9.17) is 22.8 Å². The summed E-state index contributed by atoms with van der Waals surface area (Å²) in [7, 11) is 1.50. The molecule has 3 rings (SSSR count). The first-order chi connectivity index (χ1) is 15.0. The van der Waals surface area contributed by atoms with Gasteiger partial charge in [-0.3, -0.25) is 9.48 Å². The molecular weight excluding hydrogens is 420 g/mol. The molecule has 31 heavy (non-hydrogen) atoms. The molecule has 9 nitrogen and oxygen atoms in total. The van der Waals surface area contributed by atoms with Gasteiger partial charge in [0.15, 0.2) is 5.82 Å². The second-order valence-corrected chi connectivity index (χ2v) is 6.93. The fourth-order valence-electron chi connectivity index (χ4n) is 2.95. The summed E-state index contributed by atoms with van der Waals surface area (Å²) in [5.41, 5.74) is 1.83. The number of anilines is 1. The van der Waals surface area contributed by atoms with Gasteiger partial charge >= 0.3 is 0 Å². The number of carbonyl (C=O) groups excluding carboxylic acids is 1. The van der Waals surface area contributed by atoms with Crippen LogP contribution in [0.1, 0.15) is 17.3 Å². The molecule has 0 radical (unpaired) electrons. The number of terminal acetylenes is 1. The average Bonchev–Trinajstić information content (AvgIpc) is 3.32. The first-order valence-electron chi connectivity index (χ1n) is 9.31. The fourth-order valence-corrected chi connectivity index (χ4v) is 3.14. The van der Waals surface area contributed by atoms with Gasteiger partial charge in [-0.15, -0.1) is 0 Å². The van der Waals surface area contributed by atoms with Gasteiger partial charge in [0.25, 0.3) is 5.91 Å². The van der Waals surface area contributed by atoms with Crippen LogP contribution in [-0.2, 0) is 11.3 Å². The summed E-state index contributed by atoms with van der Waals surface area (Å²) in [6.45, 7) is 2.04. The van der Waals surface area contributed by atoms with Crippen molar-refractivity contribution in [2.24, 2.45) is 4.99 Å². The molecule has 3 aromatic rings. The SMILES string of the molecule is C#Cn1ncc(C(=O)Nc2cn(CC(O)COC)nc2-c2cccc(Cl)c2)c1N=CC. The molecule has 0 saturated carbocycles. The lowest BCUT2D eigenvalue weighted by Gasteiger charge is -2.08. The van der Waals surface area contributed by atoms with Crippen LogP contribution in [0.15, 0.2) is 41.7 Å². The Kier molecular flexibility index (Phi) is 7.20. The van der Waals surface area contributed by atoms with Gasteiger partial charge < -0.3 is 15.2 Å². The molecule has 0 aliphatic rings. The van der Waals surface area contributed by atoms with Crippen LogP contribution in [0.2, 0.25) is 5.02 Å². The number of aliphatic hydroxyl groups is 1. The summed E-state index contributed by atoms with van der Waals surface area (Å²) >= 11 is 6.13. The van der Waals surface area contributed by atoms with Crippen LogP contribution in [0.5, 0.6) is 0 Å². The van der Waals surface area contributed by atoms with Crippen molar-refractivity contribution in [3.8, 4) is 23.7 Å². The van der Waals surface area contributed by atoms with Crippen molar-refractivity contribution in [2.75, 3.05) is 19.0 Å². The molecule has 1 atom stereocenters. The maximum atomic E-state index is 13.0. The highest BCUT2D eigenvalue weighted by molar-refractivity contribution is 6.30. The molecule has 2 aromatic heterocycles. The number of methoxy groups -OCH3 is 1. The van der Waals surface area contributed by atoms with Crippen molar-refractivity contribution < 1.29 is 14.6 Å². The Hall–Kier alpha value is -3.45. The van der Waals surface area contributed by atoms with Crippen molar-refractivity contribution in [3.05, 3.63) is 47.2 Å². The van der Waals surface area contributed by atoms with E-state index in [0.717, 1.165) is 0 Å². The van der Waals surface area contributed by atoms with E-state index >= 15 is 0 Å². The predicted molar refractivity (Wildman–Crippen MR) is 119 cm³/mol. The van der Waals surface area contributed by atoms with Crippen LogP contribution in [0.3, 0.4) is 0 Å². The first-order valence-corrected chi connectivity index (χ1v) is 9.69. The molecule has 0 spiro atoms. The van der Waals surface area contributed by atoms with Gasteiger partial charge in [-0.25, -0.2) is 4.99 Å². The second kappa shape index (κ2) is 10.0. The monoisotopic (exact) mass is 440 g/mol. The number of rotatable bonds is 8. The number of aromatic nitrogens is 4. The number of nitrogens with one attached hydrogen (secondary N) is 1. The summed E-state index contributed by atoms with van der Waals surface area (Å²) in [4.78, 5) is 17.1. The van der Waals surface area contributed by atoms with Crippen molar-refractivity contribution in [3.63, 3.8) is 0 Å². The normalized spacial score (nSPS) is 12.1. The number of amides is 1. The minimum absolute atomic E-state index is 0.151. The summed E-state index contributed by atoms with van der Waals surface area (Å²) in [5, 5.41) is 21.9. The molecular formula is C21H21ClN6O3. The quantitative estimate of drug-likeness (QED) is 0.414. The van der Waals surface area contributed by atoms with Gasteiger partial charge in [-0.1, -0.05) is 30.2 Å². The molecule has 2 N–H and O–H groups in total. The van der Waals surface area contributed by atoms with Crippen molar-refractivity contribution in [1.29, 1.82) is 0 Å². The summed E-state index contributed by atoms with van der Waals surface area (Å²) in [6.07, 6.45) is 9.16. The van der Waals surface area contributed by atoms with Crippen molar-refractivity contribution in [2.45, 2.75) is 19.6 Å². The van der Waals surface area contributed by atoms with Crippen LogP contribution in [0.25, 0.3) is 11.3 Å². The molecule has 0 aliphatic carbocycles. The number of aliphatic hydroxyl groups excluding tert-OH is 1. The molecule has 1 aromatic carbocycles. The molecule has 1 unspecified atom stereocenters. The third-order valence-corrected chi connectivity index (χ3v) is 4.46. The highest BCUT2D eigenvalue weighted by atomic mass is 35.5. The molecule has 2 heterocycles. The number of nitrogens with zero attached hydrogens (tertiary/aromatic N) is 5. The number of hydrogen-bond acceptors (Lipinski definition) is 6. The van der Waals surface area contributed by atoms with E-state index < -0.39 is 12.0 Å². The number of carbonyl (C=O) groups is 1. The minimum atomic E-state index is -0.764. The molecule has 0 fully saturated rings. The van der Waals surface area contributed by atoms with Gasteiger partial charge in [0.05, 0.1) is 31.1 Å². The number of ether oxygens (including phenoxy) is 1. The Bertz CT molecular complexity index is 1140. The average molecular weight is 441 g/mol. The molecule has 160 valence electrons. The Morgan fingerprint density at radius 2 is 2.32 bits per heavy atom. The van der Waals surface area contributed by atoms with E-state index in [1.807, 2.05) is 6.07 Å². The van der Waals surface area contributed by atoms with Gasteiger partial charge in [0.1, 0.15) is 11.3 Å². The summed E-state index contributed by atoms with van der Waals surface area (Å²) in [5.74, 6) is -0.211. The standard InChI is InChI=1S/C21H21ClN6O3/c1-4-23-20-17(10-24-28(20)5-2)21(30)25-18-12-27(11-16(29)13-31-3)26-19(18)14-7-6-8-15(22)9-14/h2,4,6-10,12,16,29H,11,13H2,1,3H3,(H,25,30). The summed E-state index contributed by atoms with van der Waals surface area (Å²) < 4.78 is 7.68. The first kappa shape index (κ1) is 22.2. The van der Waals surface area contributed by atoms with Crippen LogP contribution < -0.4 is 5.32 Å². The third kappa shape index (κ3) is 5.19. The Morgan fingerprint density at radius 1 is 1.52 bits per heavy atom. The highest BCUT2D eigenvalue weighted by Gasteiger charge is 2.20. The lowest BCUT2D eigenvalue weighted by Crippen LogP contribution is -2.21.